The summed E-state index contributed by atoms with van der Waals surface area (Å²) in [5.41, 5.74) is 3.01. The number of benzene rings is 2. The van der Waals surface area contributed by atoms with Crippen LogP contribution in [0.5, 0.6) is 17.2 Å². The first-order valence-electron chi connectivity index (χ1n) is 10.7. The normalized spacial score (nSPS) is 15.2. The van der Waals surface area contributed by atoms with Crippen LogP contribution in [0.3, 0.4) is 0 Å². The highest BCUT2D eigenvalue weighted by molar-refractivity contribution is 8.00. The predicted molar refractivity (Wildman–Crippen MR) is 132 cm³/mol. The second kappa shape index (κ2) is 10.1. The van der Waals surface area contributed by atoms with E-state index in [0.29, 0.717) is 44.7 Å². The number of aromatic nitrogens is 1. The number of hydrogen-bond acceptors (Lipinski definition) is 8. The highest BCUT2D eigenvalue weighted by Gasteiger charge is 2.37. The molecule has 1 aromatic heterocycles. The van der Waals surface area contributed by atoms with Crippen LogP contribution >= 0.6 is 11.8 Å². The van der Waals surface area contributed by atoms with E-state index in [0.717, 1.165) is 22.2 Å². The maximum Gasteiger partial charge on any atom is 0.242 e. The molecule has 0 bridgehead atoms. The van der Waals surface area contributed by atoms with Gasteiger partial charge in [-0.2, -0.15) is 5.26 Å². The van der Waals surface area contributed by atoms with Gasteiger partial charge in [0, 0.05) is 24.6 Å². The molecule has 1 atom stereocenters. The Bertz CT molecular complexity index is 1310. The Hall–Kier alpha value is -4.03. The number of carbonyl (C=O) groups excluding carboxylic acids is 2. The Morgan fingerprint density at radius 1 is 1.00 bits per heavy atom. The summed E-state index contributed by atoms with van der Waals surface area (Å²) in [5, 5.41) is 9.89. The molecule has 1 fully saturated rings. The Morgan fingerprint density at radius 3 is 2.17 bits per heavy atom. The van der Waals surface area contributed by atoms with Crippen molar-refractivity contribution in [1.82, 2.24) is 9.88 Å². The molecule has 2 aromatic carbocycles. The first kappa shape index (κ1) is 24.1. The van der Waals surface area contributed by atoms with Gasteiger partial charge in [0.1, 0.15) is 11.1 Å². The van der Waals surface area contributed by atoms with Gasteiger partial charge < -0.3 is 14.2 Å². The molecule has 1 unspecified atom stereocenters. The van der Waals surface area contributed by atoms with E-state index in [9.17, 15) is 14.9 Å². The zero-order chi connectivity index (χ0) is 25.1. The number of thioether (sulfide) groups is 1. The fraction of sp³-hybridized carbons (Fsp3) is 0.231. The van der Waals surface area contributed by atoms with Gasteiger partial charge in [0.15, 0.2) is 11.5 Å². The predicted octanol–water partition coefficient (Wildman–Crippen LogP) is 4.16. The number of rotatable bonds is 7. The lowest BCUT2D eigenvalue weighted by molar-refractivity contribution is -0.136. The third-order valence-electron chi connectivity index (χ3n) is 5.74. The molecule has 1 aliphatic heterocycles. The van der Waals surface area contributed by atoms with Crippen molar-refractivity contribution in [3.8, 4) is 45.7 Å². The molecule has 9 heteroatoms. The lowest BCUT2D eigenvalue weighted by Crippen LogP contribution is -2.26. The standard InChI is InChI=1S/C26H23N3O5S/c1-29-23(30)13-22(26(29)31)35-25-18(14-27)17(12-19(28-25)15-8-6-5-7-9-15)16-10-20(32-2)24(34-4)21(11-16)33-3/h5-12,22H,13H2,1-4H3. The van der Waals surface area contributed by atoms with Crippen LogP contribution in [-0.4, -0.2) is 55.3 Å². The molecule has 0 radical (unpaired) electrons. The van der Waals surface area contributed by atoms with Crippen LogP contribution in [0.2, 0.25) is 0 Å². The van der Waals surface area contributed by atoms with Crippen molar-refractivity contribution in [2.45, 2.75) is 16.7 Å². The Balaban J connectivity index is 1.93. The highest BCUT2D eigenvalue weighted by Crippen LogP contribution is 2.44. The monoisotopic (exact) mass is 489 g/mol. The van der Waals surface area contributed by atoms with Gasteiger partial charge in [-0.25, -0.2) is 4.98 Å². The smallest absolute Gasteiger partial charge is 0.242 e. The molecule has 4 rings (SSSR count). The van der Waals surface area contributed by atoms with Crippen LogP contribution in [0.15, 0.2) is 53.6 Å². The number of ether oxygens (including phenoxy) is 3. The first-order chi connectivity index (χ1) is 16.9. The fourth-order valence-corrected chi connectivity index (χ4v) is 5.06. The zero-order valence-electron chi connectivity index (χ0n) is 19.7. The molecule has 0 N–H and O–H groups in total. The Kier molecular flexibility index (Phi) is 6.94. The second-order valence-electron chi connectivity index (χ2n) is 7.73. The summed E-state index contributed by atoms with van der Waals surface area (Å²) in [4.78, 5) is 30.5. The van der Waals surface area contributed by atoms with Crippen LogP contribution in [0, 0.1) is 11.3 Å². The van der Waals surface area contributed by atoms with Gasteiger partial charge in [-0.15, -0.1) is 0 Å². The van der Waals surface area contributed by atoms with Crippen molar-refractivity contribution in [1.29, 1.82) is 5.26 Å². The van der Waals surface area contributed by atoms with E-state index in [1.807, 2.05) is 36.4 Å². The van der Waals surface area contributed by atoms with Gasteiger partial charge in [0.05, 0.1) is 37.8 Å². The number of amides is 2. The van der Waals surface area contributed by atoms with E-state index in [-0.39, 0.29) is 18.2 Å². The van der Waals surface area contributed by atoms with Crippen molar-refractivity contribution in [2.24, 2.45) is 0 Å². The van der Waals surface area contributed by atoms with Crippen molar-refractivity contribution in [3.05, 3.63) is 54.1 Å². The third-order valence-corrected chi connectivity index (χ3v) is 6.91. The van der Waals surface area contributed by atoms with Crippen molar-refractivity contribution in [2.75, 3.05) is 28.4 Å². The minimum Gasteiger partial charge on any atom is -0.493 e. The van der Waals surface area contributed by atoms with E-state index in [1.165, 1.54) is 28.4 Å². The van der Waals surface area contributed by atoms with Crippen LogP contribution < -0.4 is 14.2 Å². The molecule has 8 nitrogen and oxygen atoms in total. The number of nitriles is 1. The van der Waals surface area contributed by atoms with Gasteiger partial charge in [0.2, 0.25) is 17.6 Å². The number of nitrogens with zero attached hydrogens (tertiary/aromatic N) is 3. The van der Waals surface area contributed by atoms with Crippen molar-refractivity contribution in [3.63, 3.8) is 0 Å². The topological polar surface area (TPSA) is 102 Å². The average molecular weight is 490 g/mol. The Labute approximate surface area is 207 Å². The molecule has 2 heterocycles. The van der Waals surface area contributed by atoms with Gasteiger partial charge in [-0.1, -0.05) is 42.1 Å². The zero-order valence-corrected chi connectivity index (χ0v) is 20.5. The molecule has 1 saturated heterocycles. The molecule has 1 aliphatic rings. The molecule has 0 saturated carbocycles. The van der Waals surface area contributed by atoms with Crippen LogP contribution in [-0.2, 0) is 9.59 Å². The number of pyridine rings is 1. The van der Waals surface area contributed by atoms with E-state index >= 15 is 0 Å². The maximum absolute atomic E-state index is 12.6. The summed E-state index contributed by atoms with van der Waals surface area (Å²) in [6.07, 6.45) is 0.0572. The van der Waals surface area contributed by atoms with Gasteiger partial charge >= 0.3 is 0 Å². The number of methoxy groups -OCH3 is 3. The molecule has 35 heavy (non-hydrogen) atoms. The van der Waals surface area contributed by atoms with E-state index in [1.54, 1.807) is 12.1 Å². The van der Waals surface area contributed by atoms with E-state index in [2.05, 4.69) is 6.07 Å². The summed E-state index contributed by atoms with van der Waals surface area (Å²) >= 11 is 1.13. The van der Waals surface area contributed by atoms with E-state index in [4.69, 9.17) is 19.2 Å². The molecular formula is C26H23N3O5S. The molecule has 178 valence electrons. The number of hydrogen-bond donors (Lipinski definition) is 0. The molecule has 0 aliphatic carbocycles. The average Bonchev–Trinajstić information content (AvgIpc) is 3.13. The van der Waals surface area contributed by atoms with Crippen LogP contribution in [0.4, 0.5) is 0 Å². The summed E-state index contributed by atoms with van der Waals surface area (Å²) < 4.78 is 16.5. The van der Waals surface area contributed by atoms with E-state index < -0.39 is 5.25 Å². The quantitative estimate of drug-likeness (QED) is 0.456. The summed E-state index contributed by atoms with van der Waals surface area (Å²) in [6.45, 7) is 0. The molecule has 3 aromatic rings. The highest BCUT2D eigenvalue weighted by atomic mass is 32.2. The maximum atomic E-state index is 12.6. The van der Waals surface area contributed by atoms with Crippen LogP contribution in [0.25, 0.3) is 22.4 Å². The summed E-state index contributed by atoms with van der Waals surface area (Å²) in [7, 11) is 6.03. The lowest BCUT2D eigenvalue weighted by atomic mass is 9.98. The first-order valence-corrected chi connectivity index (χ1v) is 11.6. The van der Waals surface area contributed by atoms with Crippen LogP contribution in [0.1, 0.15) is 12.0 Å². The third kappa shape index (κ3) is 4.53. The summed E-state index contributed by atoms with van der Waals surface area (Å²) in [5.74, 6) is 0.759. The SMILES string of the molecule is COc1cc(-c2cc(-c3ccccc3)nc(SC3CC(=O)N(C)C3=O)c2C#N)cc(OC)c1OC. The minimum absolute atomic E-state index is 0.0572. The van der Waals surface area contributed by atoms with Crippen molar-refractivity contribution >= 4 is 23.6 Å². The molecular weight excluding hydrogens is 466 g/mol. The fourth-order valence-electron chi connectivity index (χ4n) is 3.88. The van der Waals surface area contributed by atoms with Gasteiger partial charge in [-0.3, -0.25) is 14.5 Å². The largest absolute Gasteiger partial charge is 0.493 e. The molecule has 0 spiro atoms. The second-order valence-corrected chi connectivity index (χ2v) is 8.92. The van der Waals surface area contributed by atoms with Gasteiger partial charge in [0.25, 0.3) is 0 Å². The Morgan fingerprint density at radius 2 is 1.66 bits per heavy atom. The number of likely N-dealkylation sites (tertiary alicyclic amines) is 1. The molecule has 2 amide bonds. The van der Waals surface area contributed by atoms with Crippen molar-refractivity contribution < 1.29 is 23.8 Å². The number of imide groups is 1. The van der Waals surface area contributed by atoms with Gasteiger partial charge in [-0.05, 0) is 23.8 Å². The number of carbonyl (C=O) groups is 2. The minimum atomic E-state index is -0.647. The summed E-state index contributed by atoms with van der Waals surface area (Å²) in [6, 6.07) is 17.1. The lowest BCUT2D eigenvalue weighted by Gasteiger charge is -2.17.